The van der Waals surface area contributed by atoms with Crippen molar-refractivity contribution in [3.63, 3.8) is 0 Å². The molecule has 0 bridgehead atoms. The summed E-state index contributed by atoms with van der Waals surface area (Å²) < 4.78 is 45.8. The van der Waals surface area contributed by atoms with Crippen molar-refractivity contribution in [2.24, 2.45) is 0 Å². The molecule has 2 aromatic rings. The molecule has 29 heavy (non-hydrogen) atoms. The molecule has 0 saturated carbocycles. The molecule has 0 unspecified atom stereocenters. The fourth-order valence-electron chi connectivity index (χ4n) is 2.68. The summed E-state index contributed by atoms with van der Waals surface area (Å²) in [6.07, 6.45) is -3.23. The van der Waals surface area contributed by atoms with Gasteiger partial charge in [-0.3, -0.25) is 0 Å². The molecule has 0 spiro atoms. The Bertz CT molecular complexity index is 965. The van der Waals surface area contributed by atoms with Crippen molar-refractivity contribution in [1.82, 2.24) is 0 Å². The summed E-state index contributed by atoms with van der Waals surface area (Å²) in [7, 11) is 0. The van der Waals surface area contributed by atoms with Gasteiger partial charge >= 0.3 is 11.5 Å². The highest BCUT2D eigenvalue weighted by Crippen LogP contribution is 2.38. The molecular formula is C22H20F3NO2S. The number of nitriles is 1. The van der Waals surface area contributed by atoms with Crippen LogP contribution in [0, 0.1) is 11.3 Å². The summed E-state index contributed by atoms with van der Waals surface area (Å²) in [5.74, 6) is -0.414. The number of hydrogen-bond donors (Lipinski definition) is 0. The second-order valence-electron chi connectivity index (χ2n) is 7.24. The highest BCUT2D eigenvalue weighted by Gasteiger charge is 2.35. The second-order valence-corrected chi connectivity index (χ2v) is 7.98. The number of carbonyl (C=O) groups excluding carboxylic acids is 1. The molecule has 0 amide bonds. The van der Waals surface area contributed by atoms with E-state index >= 15 is 0 Å². The van der Waals surface area contributed by atoms with Crippen LogP contribution in [0.25, 0.3) is 11.3 Å². The Hall–Kier alpha value is -2.72. The zero-order valence-corrected chi connectivity index (χ0v) is 17.2. The van der Waals surface area contributed by atoms with Crippen LogP contribution < -0.4 is 0 Å². The van der Waals surface area contributed by atoms with Crippen LogP contribution in [-0.4, -0.2) is 11.6 Å². The Morgan fingerprint density at radius 1 is 1.03 bits per heavy atom. The summed E-state index contributed by atoms with van der Waals surface area (Å²) in [5.41, 5.74) is -0.267. The van der Waals surface area contributed by atoms with Gasteiger partial charge in [-0.15, -0.1) is 0 Å². The van der Waals surface area contributed by atoms with Gasteiger partial charge < -0.3 is 4.74 Å². The Kier molecular flexibility index (Phi) is 6.81. The predicted molar refractivity (Wildman–Crippen MR) is 109 cm³/mol. The first kappa shape index (κ1) is 22.6. The Morgan fingerprint density at radius 3 is 2.10 bits per heavy atom. The van der Waals surface area contributed by atoms with E-state index in [-0.39, 0.29) is 16.6 Å². The van der Waals surface area contributed by atoms with Crippen molar-refractivity contribution in [1.29, 1.82) is 5.26 Å². The number of allylic oxidation sites excluding steroid dienone is 1. The molecule has 0 fully saturated rings. The minimum absolute atomic E-state index is 0.133. The van der Waals surface area contributed by atoms with E-state index in [1.54, 1.807) is 24.3 Å². The lowest BCUT2D eigenvalue weighted by molar-refractivity contribution is -0.137. The van der Waals surface area contributed by atoms with Crippen LogP contribution in [-0.2, 0) is 16.3 Å². The maximum Gasteiger partial charge on any atom is 0.417 e. The number of ether oxygens (including phenoxy) is 1. The molecule has 7 heteroatoms. The van der Waals surface area contributed by atoms with Gasteiger partial charge in [-0.2, -0.15) is 18.4 Å². The Labute approximate surface area is 172 Å². The Morgan fingerprint density at radius 2 is 1.62 bits per heavy atom. The number of rotatable bonds is 3. The van der Waals surface area contributed by atoms with E-state index in [4.69, 9.17) is 4.74 Å². The van der Waals surface area contributed by atoms with Crippen LogP contribution >= 0.6 is 11.8 Å². The minimum atomic E-state index is -4.68. The molecule has 0 saturated heterocycles. The normalized spacial score (nSPS) is 12.8. The summed E-state index contributed by atoms with van der Waals surface area (Å²) in [6, 6.07) is 13.5. The van der Waals surface area contributed by atoms with Gasteiger partial charge in [0.2, 0.25) is 0 Å². The molecule has 0 aliphatic carbocycles. The number of thioether (sulfide) groups is 1. The largest absolute Gasteiger partial charge is 0.417 e. The molecule has 2 rings (SSSR count). The van der Waals surface area contributed by atoms with Crippen LogP contribution in [0.1, 0.15) is 43.0 Å². The maximum absolute atomic E-state index is 13.5. The van der Waals surface area contributed by atoms with Gasteiger partial charge in [0.05, 0.1) is 5.56 Å². The van der Waals surface area contributed by atoms with E-state index < -0.39 is 22.8 Å². The van der Waals surface area contributed by atoms with Crippen LogP contribution in [0.4, 0.5) is 18.0 Å². The van der Waals surface area contributed by atoms with Crippen molar-refractivity contribution >= 4 is 28.4 Å². The fourth-order valence-corrected chi connectivity index (χ4v) is 2.84. The fraction of sp³-hybridized carbons (Fsp3) is 0.273. The lowest BCUT2D eigenvalue weighted by Crippen LogP contribution is -2.12. The van der Waals surface area contributed by atoms with Gasteiger partial charge in [-0.1, -0.05) is 63.2 Å². The first-order valence-corrected chi connectivity index (χ1v) is 9.89. The first-order chi connectivity index (χ1) is 13.5. The quantitative estimate of drug-likeness (QED) is 0.235. The number of hydrogen-bond acceptors (Lipinski definition) is 4. The van der Waals surface area contributed by atoms with E-state index in [9.17, 15) is 23.2 Å². The number of alkyl halides is 3. The monoisotopic (exact) mass is 419 g/mol. The minimum Gasteiger partial charge on any atom is -0.416 e. The topological polar surface area (TPSA) is 50.1 Å². The summed E-state index contributed by atoms with van der Waals surface area (Å²) in [6.45, 7) is 6.07. The molecule has 152 valence electrons. The average molecular weight is 419 g/mol. The van der Waals surface area contributed by atoms with Crippen LogP contribution in [0.15, 0.2) is 48.5 Å². The summed E-state index contributed by atoms with van der Waals surface area (Å²) in [5, 5.41) is 8.92. The molecule has 0 atom stereocenters. The zero-order chi connectivity index (χ0) is 21.8. The molecular weight excluding hydrogens is 399 g/mol. The van der Waals surface area contributed by atoms with Gasteiger partial charge in [0.25, 0.3) is 0 Å². The van der Waals surface area contributed by atoms with E-state index in [1.807, 2.05) is 26.8 Å². The molecule has 0 aromatic heterocycles. The number of nitrogens with zero attached hydrogens (tertiary/aromatic N) is 1. The molecule has 0 N–H and O–H groups in total. The average Bonchev–Trinajstić information content (AvgIpc) is 2.66. The standard InChI is InChI=1S/C22H20F3NO2S/c1-21(2,3)15-11-9-14(10-12-15)17(13-26)19(28-20(27)29-4)16-7-5-6-8-18(16)22(23,24)25/h5-12H,1-4H3/b19-17+. The lowest BCUT2D eigenvalue weighted by Gasteiger charge is -2.20. The first-order valence-electron chi connectivity index (χ1n) is 8.66. The van der Waals surface area contributed by atoms with Crippen molar-refractivity contribution in [3.8, 4) is 6.07 Å². The SMILES string of the molecule is CSC(=O)O/C(=C(\C#N)c1ccc(C(C)(C)C)cc1)c1ccccc1C(F)(F)F. The molecule has 0 aliphatic heterocycles. The molecule has 0 heterocycles. The third-order valence-electron chi connectivity index (χ3n) is 4.21. The van der Waals surface area contributed by atoms with Crippen molar-refractivity contribution < 1.29 is 22.7 Å². The summed E-state index contributed by atoms with van der Waals surface area (Å²) in [4.78, 5) is 11.9. The zero-order valence-electron chi connectivity index (χ0n) is 16.4. The maximum atomic E-state index is 13.5. The number of benzene rings is 2. The number of carbonyl (C=O) groups is 1. The number of halogens is 3. The lowest BCUT2D eigenvalue weighted by atomic mass is 9.86. The summed E-state index contributed by atoms with van der Waals surface area (Å²) >= 11 is 0.704. The smallest absolute Gasteiger partial charge is 0.416 e. The third-order valence-corrected chi connectivity index (χ3v) is 4.62. The van der Waals surface area contributed by atoms with Gasteiger partial charge in [0.15, 0.2) is 5.76 Å². The van der Waals surface area contributed by atoms with Crippen LogP contribution in [0.3, 0.4) is 0 Å². The molecule has 0 aliphatic rings. The highest BCUT2D eigenvalue weighted by molar-refractivity contribution is 8.12. The van der Waals surface area contributed by atoms with E-state index in [0.717, 1.165) is 11.6 Å². The van der Waals surface area contributed by atoms with Gasteiger partial charge in [0, 0.05) is 5.56 Å². The van der Waals surface area contributed by atoms with Crippen molar-refractivity contribution in [3.05, 3.63) is 70.8 Å². The molecule has 3 nitrogen and oxygen atoms in total. The van der Waals surface area contributed by atoms with E-state index in [1.165, 1.54) is 24.5 Å². The Balaban J connectivity index is 2.75. The van der Waals surface area contributed by atoms with Gasteiger partial charge in [-0.05, 0) is 40.6 Å². The van der Waals surface area contributed by atoms with Gasteiger partial charge in [-0.25, -0.2) is 4.79 Å². The van der Waals surface area contributed by atoms with Gasteiger partial charge in [0.1, 0.15) is 11.6 Å². The third kappa shape index (κ3) is 5.42. The predicted octanol–water partition coefficient (Wildman–Crippen LogP) is 6.89. The second kappa shape index (κ2) is 8.75. The van der Waals surface area contributed by atoms with Crippen molar-refractivity contribution in [2.75, 3.05) is 6.26 Å². The van der Waals surface area contributed by atoms with Crippen LogP contribution in [0.5, 0.6) is 0 Å². The van der Waals surface area contributed by atoms with E-state index in [0.29, 0.717) is 17.3 Å². The van der Waals surface area contributed by atoms with Crippen LogP contribution in [0.2, 0.25) is 0 Å². The van der Waals surface area contributed by atoms with Crippen molar-refractivity contribution in [2.45, 2.75) is 32.4 Å². The van der Waals surface area contributed by atoms with E-state index in [2.05, 4.69) is 0 Å². The molecule has 0 radical (unpaired) electrons. The highest BCUT2D eigenvalue weighted by atomic mass is 32.2. The molecule has 2 aromatic carbocycles.